The lowest BCUT2D eigenvalue weighted by molar-refractivity contribution is -0.139. The van der Waals surface area contributed by atoms with E-state index in [4.69, 9.17) is 16.3 Å². The highest BCUT2D eigenvalue weighted by atomic mass is 35.5. The number of alkyl halides is 3. The van der Waals surface area contributed by atoms with Crippen LogP contribution in [-0.4, -0.2) is 25.2 Å². The van der Waals surface area contributed by atoms with E-state index in [1.165, 1.54) is 14.2 Å². The van der Waals surface area contributed by atoms with Crippen molar-refractivity contribution in [1.82, 2.24) is 4.98 Å². The van der Waals surface area contributed by atoms with Crippen molar-refractivity contribution in [1.29, 1.82) is 0 Å². The van der Waals surface area contributed by atoms with Gasteiger partial charge in [0.2, 0.25) is 5.88 Å². The summed E-state index contributed by atoms with van der Waals surface area (Å²) in [6, 6.07) is 1.14. The van der Waals surface area contributed by atoms with E-state index in [2.05, 4.69) is 9.72 Å². The van der Waals surface area contributed by atoms with Crippen molar-refractivity contribution < 1.29 is 23.0 Å². The Labute approximate surface area is 108 Å². The molecule has 18 heavy (non-hydrogen) atoms. The van der Waals surface area contributed by atoms with E-state index in [1.807, 2.05) is 0 Å². The van der Waals surface area contributed by atoms with Crippen LogP contribution >= 0.6 is 11.6 Å². The number of esters is 1. The Balaban J connectivity index is 3.26. The molecule has 100 valence electrons. The smallest absolute Gasteiger partial charge is 0.309 e. The van der Waals surface area contributed by atoms with Gasteiger partial charge in [-0.15, -0.1) is 11.6 Å². The molecule has 4 nitrogen and oxygen atoms in total. The summed E-state index contributed by atoms with van der Waals surface area (Å²) in [5.74, 6) is -0.539. The summed E-state index contributed by atoms with van der Waals surface area (Å²) in [5.41, 5.74) is 0.285. The maximum atomic E-state index is 12.7. The molecule has 0 amide bonds. The van der Waals surface area contributed by atoms with Crippen LogP contribution in [0.1, 0.15) is 23.2 Å². The number of nitrogens with zero attached hydrogens (tertiary/aromatic N) is 1. The zero-order valence-corrected chi connectivity index (χ0v) is 10.6. The standard InChI is InChI=1S/C11H12ClF2NO3/c1-17-9(16)4-6-3-8(10(13)14)15-11(18-2)7(6)5-12/h3,10H,4-5H2,1-2H3. The molecule has 1 heterocycles. The zero-order chi connectivity index (χ0) is 13.7. The first-order valence-corrected chi connectivity index (χ1v) is 5.54. The van der Waals surface area contributed by atoms with Crippen molar-refractivity contribution in [2.75, 3.05) is 14.2 Å². The summed E-state index contributed by atoms with van der Waals surface area (Å²) in [7, 11) is 2.52. The van der Waals surface area contributed by atoms with Gasteiger partial charge < -0.3 is 9.47 Å². The molecule has 0 saturated heterocycles. The zero-order valence-electron chi connectivity index (χ0n) is 9.87. The van der Waals surface area contributed by atoms with Gasteiger partial charge in [-0.3, -0.25) is 4.79 Å². The molecule has 0 spiro atoms. The number of aromatic nitrogens is 1. The molecule has 0 bridgehead atoms. The lowest BCUT2D eigenvalue weighted by atomic mass is 10.1. The van der Waals surface area contributed by atoms with Gasteiger partial charge in [0.25, 0.3) is 6.43 Å². The number of ether oxygens (including phenoxy) is 2. The highest BCUT2D eigenvalue weighted by Crippen LogP contribution is 2.28. The number of pyridine rings is 1. The molecule has 1 rings (SSSR count). The number of halogens is 3. The maximum Gasteiger partial charge on any atom is 0.309 e. The second-order valence-corrected chi connectivity index (χ2v) is 3.65. The fraction of sp³-hybridized carbons (Fsp3) is 0.455. The van der Waals surface area contributed by atoms with Crippen LogP contribution in [0.3, 0.4) is 0 Å². The molecule has 0 radical (unpaired) electrons. The van der Waals surface area contributed by atoms with E-state index in [1.54, 1.807) is 0 Å². The monoisotopic (exact) mass is 279 g/mol. The second kappa shape index (κ2) is 6.49. The Morgan fingerprint density at radius 3 is 2.61 bits per heavy atom. The quantitative estimate of drug-likeness (QED) is 0.614. The van der Waals surface area contributed by atoms with Gasteiger partial charge in [0.1, 0.15) is 5.69 Å². The number of carbonyl (C=O) groups excluding carboxylic acids is 1. The molecule has 7 heteroatoms. The van der Waals surface area contributed by atoms with Crippen molar-refractivity contribution in [2.24, 2.45) is 0 Å². The average molecular weight is 280 g/mol. The molecule has 0 fully saturated rings. The van der Waals surface area contributed by atoms with Crippen molar-refractivity contribution in [3.05, 3.63) is 22.9 Å². The Morgan fingerprint density at radius 2 is 2.17 bits per heavy atom. The fourth-order valence-electron chi connectivity index (χ4n) is 1.43. The third-order valence-electron chi connectivity index (χ3n) is 2.31. The Kier molecular flexibility index (Phi) is 5.27. The van der Waals surface area contributed by atoms with Crippen LogP contribution in [0.5, 0.6) is 5.88 Å². The molecule has 0 unspecified atom stereocenters. The van der Waals surface area contributed by atoms with Gasteiger partial charge >= 0.3 is 5.97 Å². The Hall–Kier alpha value is -1.43. The Bertz CT molecular complexity index is 441. The normalized spacial score (nSPS) is 10.6. The number of carbonyl (C=O) groups is 1. The fourth-order valence-corrected chi connectivity index (χ4v) is 1.71. The molecule has 1 aromatic rings. The summed E-state index contributed by atoms with van der Waals surface area (Å²) < 4.78 is 34.7. The average Bonchev–Trinajstić information content (AvgIpc) is 2.37. The molecule has 0 aliphatic carbocycles. The lowest BCUT2D eigenvalue weighted by Gasteiger charge is -2.12. The largest absolute Gasteiger partial charge is 0.481 e. The first kappa shape index (κ1) is 14.6. The van der Waals surface area contributed by atoms with E-state index in [-0.39, 0.29) is 18.2 Å². The molecular formula is C11H12ClF2NO3. The van der Waals surface area contributed by atoms with Gasteiger partial charge in [0.05, 0.1) is 26.5 Å². The summed E-state index contributed by atoms with van der Waals surface area (Å²) in [6.45, 7) is 0. The summed E-state index contributed by atoms with van der Waals surface area (Å²) >= 11 is 5.71. The van der Waals surface area contributed by atoms with Gasteiger partial charge in [0, 0.05) is 5.56 Å². The van der Waals surface area contributed by atoms with Gasteiger partial charge in [-0.25, -0.2) is 13.8 Å². The molecule has 0 saturated carbocycles. The van der Waals surface area contributed by atoms with Crippen molar-refractivity contribution in [2.45, 2.75) is 18.7 Å². The van der Waals surface area contributed by atoms with Crippen molar-refractivity contribution >= 4 is 17.6 Å². The molecule has 0 N–H and O–H groups in total. The van der Waals surface area contributed by atoms with Crippen LogP contribution in [0.25, 0.3) is 0 Å². The minimum Gasteiger partial charge on any atom is -0.481 e. The first-order chi connectivity index (χ1) is 8.53. The van der Waals surface area contributed by atoms with Crippen LogP contribution in [0, 0.1) is 0 Å². The molecular weight excluding hydrogens is 268 g/mol. The van der Waals surface area contributed by atoms with Gasteiger partial charge in [0.15, 0.2) is 0 Å². The summed E-state index contributed by atoms with van der Waals surface area (Å²) in [5, 5.41) is 0. The van der Waals surface area contributed by atoms with Crippen LogP contribution < -0.4 is 4.74 Å². The summed E-state index contributed by atoms with van der Waals surface area (Å²) in [6.07, 6.45) is -2.91. The third-order valence-corrected chi connectivity index (χ3v) is 2.58. The van der Waals surface area contributed by atoms with Crippen LogP contribution in [0.15, 0.2) is 6.07 Å². The van der Waals surface area contributed by atoms with Crippen LogP contribution in [0.4, 0.5) is 8.78 Å². The van der Waals surface area contributed by atoms with E-state index in [0.717, 1.165) is 6.07 Å². The van der Waals surface area contributed by atoms with Crippen molar-refractivity contribution in [3.63, 3.8) is 0 Å². The minimum absolute atomic E-state index is 0.00158. The predicted molar refractivity (Wildman–Crippen MR) is 61.0 cm³/mol. The number of methoxy groups -OCH3 is 2. The number of rotatable bonds is 5. The minimum atomic E-state index is -2.75. The van der Waals surface area contributed by atoms with E-state index < -0.39 is 18.1 Å². The van der Waals surface area contributed by atoms with Gasteiger partial charge in [-0.05, 0) is 11.6 Å². The topological polar surface area (TPSA) is 48.4 Å². The van der Waals surface area contributed by atoms with E-state index in [0.29, 0.717) is 11.1 Å². The van der Waals surface area contributed by atoms with Crippen molar-refractivity contribution in [3.8, 4) is 5.88 Å². The highest BCUT2D eigenvalue weighted by Gasteiger charge is 2.19. The van der Waals surface area contributed by atoms with Gasteiger partial charge in [-0.1, -0.05) is 0 Å². The highest BCUT2D eigenvalue weighted by molar-refractivity contribution is 6.17. The Morgan fingerprint density at radius 1 is 1.50 bits per heavy atom. The molecule has 0 atom stereocenters. The SMILES string of the molecule is COC(=O)Cc1cc(C(F)F)nc(OC)c1CCl. The maximum absolute atomic E-state index is 12.7. The third kappa shape index (κ3) is 3.29. The molecule has 0 aliphatic heterocycles. The molecule has 0 aromatic carbocycles. The molecule has 1 aromatic heterocycles. The van der Waals surface area contributed by atoms with Crippen LogP contribution in [0.2, 0.25) is 0 Å². The predicted octanol–water partition coefficient (Wildman–Crippen LogP) is 2.48. The first-order valence-electron chi connectivity index (χ1n) is 5.01. The summed E-state index contributed by atoms with van der Waals surface area (Å²) in [4.78, 5) is 14.9. The van der Waals surface area contributed by atoms with E-state index in [9.17, 15) is 13.6 Å². The van der Waals surface area contributed by atoms with Crippen LogP contribution in [-0.2, 0) is 21.8 Å². The number of hydrogen-bond donors (Lipinski definition) is 0. The van der Waals surface area contributed by atoms with Gasteiger partial charge in [-0.2, -0.15) is 0 Å². The lowest BCUT2D eigenvalue weighted by Crippen LogP contribution is -2.10. The molecule has 0 aliphatic rings. The van der Waals surface area contributed by atoms with E-state index >= 15 is 0 Å². The number of hydrogen-bond acceptors (Lipinski definition) is 4. The second-order valence-electron chi connectivity index (χ2n) is 3.38.